The van der Waals surface area contributed by atoms with Crippen molar-refractivity contribution in [2.75, 3.05) is 31.1 Å². The van der Waals surface area contributed by atoms with Gasteiger partial charge < -0.3 is 20.2 Å². The predicted octanol–water partition coefficient (Wildman–Crippen LogP) is 2.21. The first kappa shape index (κ1) is 16.1. The van der Waals surface area contributed by atoms with Crippen molar-refractivity contribution in [3.63, 3.8) is 0 Å². The van der Waals surface area contributed by atoms with Crippen LogP contribution in [0, 0.1) is 0 Å². The van der Waals surface area contributed by atoms with Crippen LogP contribution in [-0.2, 0) is 0 Å². The molecule has 2 unspecified atom stereocenters. The number of likely N-dealkylation sites (tertiary alicyclic amines) is 1. The molecule has 0 spiro atoms. The van der Waals surface area contributed by atoms with Gasteiger partial charge in [-0.05, 0) is 44.2 Å². The third-order valence-corrected chi connectivity index (χ3v) is 4.99. The number of piperidine rings is 1. The van der Waals surface area contributed by atoms with Crippen molar-refractivity contribution in [1.29, 1.82) is 0 Å². The summed E-state index contributed by atoms with van der Waals surface area (Å²) in [7, 11) is 0. The normalized spacial score (nSPS) is 24.7. The molecule has 0 bridgehead atoms. The maximum absolute atomic E-state index is 12.6. The van der Waals surface area contributed by atoms with Crippen LogP contribution >= 0.6 is 0 Å². The van der Waals surface area contributed by atoms with Gasteiger partial charge in [-0.2, -0.15) is 0 Å². The third kappa shape index (κ3) is 3.96. The highest BCUT2D eigenvalue weighted by Crippen LogP contribution is 2.22. The molecule has 2 heterocycles. The number of aliphatic hydroxyl groups is 1. The summed E-state index contributed by atoms with van der Waals surface area (Å²) >= 11 is 0. The van der Waals surface area contributed by atoms with Crippen molar-refractivity contribution >= 4 is 11.7 Å². The number of rotatable bonds is 4. The molecule has 2 saturated heterocycles. The maximum atomic E-state index is 12.6. The number of para-hydroxylation sites is 1. The van der Waals surface area contributed by atoms with Gasteiger partial charge in [0.05, 0.1) is 0 Å². The summed E-state index contributed by atoms with van der Waals surface area (Å²) in [5.41, 5.74) is 1.22. The van der Waals surface area contributed by atoms with Gasteiger partial charge in [-0.3, -0.25) is 0 Å². The van der Waals surface area contributed by atoms with Gasteiger partial charge in [0, 0.05) is 44.0 Å². The van der Waals surface area contributed by atoms with Gasteiger partial charge in [0.1, 0.15) is 0 Å². The van der Waals surface area contributed by atoms with Crippen LogP contribution in [0.5, 0.6) is 0 Å². The number of nitrogens with zero attached hydrogens (tertiary/aromatic N) is 2. The minimum Gasteiger partial charge on any atom is -0.396 e. The number of hydrogen-bond donors (Lipinski definition) is 2. The van der Waals surface area contributed by atoms with E-state index in [4.69, 9.17) is 0 Å². The fraction of sp³-hybridized carbons (Fsp3) is 0.611. The van der Waals surface area contributed by atoms with Gasteiger partial charge in [0.25, 0.3) is 0 Å². The first-order valence-electron chi connectivity index (χ1n) is 8.76. The van der Waals surface area contributed by atoms with E-state index >= 15 is 0 Å². The van der Waals surface area contributed by atoms with E-state index in [0.29, 0.717) is 6.42 Å². The second kappa shape index (κ2) is 7.68. The lowest BCUT2D eigenvalue weighted by Crippen LogP contribution is -2.52. The molecule has 23 heavy (non-hydrogen) atoms. The van der Waals surface area contributed by atoms with E-state index in [2.05, 4.69) is 34.5 Å². The van der Waals surface area contributed by atoms with Crippen molar-refractivity contribution in [2.24, 2.45) is 0 Å². The van der Waals surface area contributed by atoms with Crippen LogP contribution in [0.2, 0.25) is 0 Å². The van der Waals surface area contributed by atoms with Crippen molar-refractivity contribution in [3.8, 4) is 0 Å². The van der Waals surface area contributed by atoms with Crippen LogP contribution < -0.4 is 10.2 Å². The summed E-state index contributed by atoms with van der Waals surface area (Å²) in [4.78, 5) is 16.9. The van der Waals surface area contributed by atoms with Crippen LogP contribution in [0.25, 0.3) is 0 Å². The van der Waals surface area contributed by atoms with E-state index in [1.807, 2.05) is 11.0 Å². The quantitative estimate of drug-likeness (QED) is 0.895. The van der Waals surface area contributed by atoms with Gasteiger partial charge >= 0.3 is 6.03 Å². The molecule has 2 fully saturated rings. The number of urea groups is 1. The molecular formula is C18H27N3O2. The Morgan fingerprint density at radius 2 is 2.00 bits per heavy atom. The van der Waals surface area contributed by atoms with E-state index in [1.165, 1.54) is 5.69 Å². The van der Waals surface area contributed by atoms with E-state index in [9.17, 15) is 9.90 Å². The predicted molar refractivity (Wildman–Crippen MR) is 91.6 cm³/mol. The first-order chi connectivity index (χ1) is 11.3. The van der Waals surface area contributed by atoms with Gasteiger partial charge in [0.15, 0.2) is 0 Å². The van der Waals surface area contributed by atoms with Crippen molar-refractivity contribution in [3.05, 3.63) is 30.3 Å². The van der Waals surface area contributed by atoms with Crippen LogP contribution in [0.1, 0.15) is 32.1 Å². The molecule has 0 saturated carbocycles. The topological polar surface area (TPSA) is 55.8 Å². The van der Waals surface area contributed by atoms with E-state index in [-0.39, 0.29) is 24.7 Å². The fourth-order valence-electron chi connectivity index (χ4n) is 3.73. The average Bonchev–Trinajstić information content (AvgIpc) is 3.05. The Balaban J connectivity index is 1.54. The lowest BCUT2D eigenvalue weighted by atomic mass is 10.00. The van der Waals surface area contributed by atoms with E-state index in [0.717, 1.165) is 45.3 Å². The lowest BCUT2D eigenvalue weighted by molar-refractivity contribution is 0.130. The Bertz CT molecular complexity index is 506. The van der Waals surface area contributed by atoms with Gasteiger partial charge in [-0.25, -0.2) is 4.79 Å². The molecule has 2 N–H and O–H groups in total. The van der Waals surface area contributed by atoms with Gasteiger partial charge in [-0.15, -0.1) is 0 Å². The fourth-order valence-corrected chi connectivity index (χ4v) is 3.73. The highest BCUT2D eigenvalue weighted by molar-refractivity contribution is 5.75. The molecular weight excluding hydrogens is 290 g/mol. The minimum atomic E-state index is 0.0445. The Labute approximate surface area is 138 Å². The Hall–Kier alpha value is -1.75. The SMILES string of the molecule is O=C(NC1CCN(c2ccccc2)C1)N1CCCCC1CCO. The van der Waals surface area contributed by atoms with Crippen LogP contribution in [-0.4, -0.2) is 54.4 Å². The monoisotopic (exact) mass is 317 g/mol. The van der Waals surface area contributed by atoms with Crippen LogP contribution in [0.15, 0.2) is 30.3 Å². The minimum absolute atomic E-state index is 0.0445. The Kier molecular flexibility index (Phi) is 5.39. The number of benzene rings is 1. The number of nitrogens with one attached hydrogen (secondary N) is 1. The molecule has 2 aliphatic heterocycles. The Morgan fingerprint density at radius 3 is 2.78 bits per heavy atom. The second-order valence-electron chi connectivity index (χ2n) is 6.57. The highest BCUT2D eigenvalue weighted by Gasteiger charge is 2.30. The average molecular weight is 317 g/mol. The zero-order valence-electron chi connectivity index (χ0n) is 13.7. The molecule has 126 valence electrons. The number of hydrogen-bond acceptors (Lipinski definition) is 3. The zero-order valence-corrected chi connectivity index (χ0v) is 13.7. The summed E-state index contributed by atoms with van der Waals surface area (Å²) in [6.45, 7) is 2.81. The molecule has 1 aromatic carbocycles. The summed E-state index contributed by atoms with van der Waals surface area (Å²) in [6.07, 6.45) is 4.90. The summed E-state index contributed by atoms with van der Waals surface area (Å²) in [5, 5.41) is 12.4. The van der Waals surface area contributed by atoms with Gasteiger partial charge in [0.2, 0.25) is 0 Å². The van der Waals surface area contributed by atoms with Crippen LogP contribution in [0.3, 0.4) is 0 Å². The van der Waals surface area contributed by atoms with Crippen molar-refractivity contribution < 1.29 is 9.90 Å². The van der Waals surface area contributed by atoms with Gasteiger partial charge in [-0.1, -0.05) is 18.2 Å². The summed E-state index contributed by atoms with van der Waals surface area (Å²) in [5.74, 6) is 0. The standard InChI is InChI=1S/C18H27N3O2/c22-13-10-17-8-4-5-11-21(17)18(23)19-15-9-12-20(14-15)16-6-2-1-3-7-16/h1-3,6-7,15,17,22H,4-5,8-14H2,(H,19,23). The molecule has 2 amide bonds. The number of aliphatic hydroxyl groups excluding tert-OH is 1. The second-order valence-corrected chi connectivity index (χ2v) is 6.57. The van der Waals surface area contributed by atoms with Crippen molar-refractivity contribution in [1.82, 2.24) is 10.2 Å². The smallest absolute Gasteiger partial charge is 0.317 e. The molecule has 0 radical (unpaired) electrons. The molecule has 2 atom stereocenters. The summed E-state index contributed by atoms with van der Waals surface area (Å²) in [6, 6.07) is 10.8. The molecule has 5 nitrogen and oxygen atoms in total. The number of amides is 2. The zero-order chi connectivity index (χ0) is 16.1. The molecule has 3 rings (SSSR count). The number of anilines is 1. The third-order valence-electron chi connectivity index (χ3n) is 4.99. The van der Waals surface area contributed by atoms with Crippen molar-refractivity contribution in [2.45, 2.75) is 44.2 Å². The largest absolute Gasteiger partial charge is 0.396 e. The molecule has 0 aliphatic carbocycles. The summed E-state index contributed by atoms with van der Waals surface area (Å²) < 4.78 is 0. The molecule has 2 aliphatic rings. The number of carbonyl (C=O) groups excluding carboxylic acids is 1. The van der Waals surface area contributed by atoms with Crippen LogP contribution in [0.4, 0.5) is 10.5 Å². The molecule has 5 heteroatoms. The maximum Gasteiger partial charge on any atom is 0.317 e. The van der Waals surface area contributed by atoms with E-state index < -0.39 is 0 Å². The number of carbonyl (C=O) groups is 1. The Morgan fingerprint density at radius 1 is 1.17 bits per heavy atom. The molecule has 0 aromatic heterocycles. The highest BCUT2D eigenvalue weighted by atomic mass is 16.3. The first-order valence-corrected chi connectivity index (χ1v) is 8.76. The van der Waals surface area contributed by atoms with E-state index in [1.54, 1.807) is 0 Å². The molecule has 1 aromatic rings. The lowest BCUT2D eigenvalue weighted by Gasteiger charge is -2.36.